The Kier molecular flexibility index (Phi) is 7.86. The van der Waals surface area contributed by atoms with E-state index in [1.54, 1.807) is 55.7 Å². The molecule has 3 aromatic rings. The van der Waals surface area contributed by atoms with E-state index in [0.29, 0.717) is 29.4 Å². The second-order valence-electron chi connectivity index (χ2n) is 6.66. The molecule has 0 heterocycles. The van der Waals surface area contributed by atoms with Crippen molar-refractivity contribution in [3.63, 3.8) is 0 Å². The van der Waals surface area contributed by atoms with Crippen LogP contribution in [0.3, 0.4) is 0 Å². The van der Waals surface area contributed by atoms with Crippen LogP contribution in [0.2, 0.25) is 0 Å². The van der Waals surface area contributed by atoms with Gasteiger partial charge < -0.3 is 14.2 Å². The molecule has 0 saturated carbocycles. The number of methoxy groups -OCH3 is 2. The topological polar surface area (TPSA) is 85.9 Å². The van der Waals surface area contributed by atoms with Gasteiger partial charge in [0.15, 0.2) is 11.5 Å². The Morgan fingerprint density at radius 1 is 0.812 bits per heavy atom. The highest BCUT2D eigenvalue weighted by molar-refractivity contribution is 5.99. The number of hydrogen-bond donors (Lipinski definition) is 2. The van der Waals surface area contributed by atoms with Crippen LogP contribution in [-0.4, -0.2) is 26.0 Å². The van der Waals surface area contributed by atoms with E-state index >= 15 is 0 Å². The van der Waals surface area contributed by atoms with E-state index in [9.17, 15) is 9.59 Å². The van der Waals surface area contributed by atoms with E-state index in [0.717, 1.165) is 11.1 Å². The van der Waals surface area contributed by atoms with Crippen molar-refractivity contribution in [2.24, 2.45) is 0 Å². The molecular formula is C25H24N2O5. The molecule has 7 heteroatoms. The lowest BCUT2D eigenvalue weighted by Crippen LogP contribution is -2.40. The van der Waals surface area contributed by atoms with Gasteiger partial charge in [0.1, 0.15) is 12.4 Å². The van der Waals surface area contributed by atoms with E-state index in [4.69, 9.17) is 14.2 Å². The maximum atomic E-state index is 12.5. The Morgan fingerprint density at radius 3 is 2.28 bits per heavy atom. The largest absolute Gasteiger partial charge is 0.493 e. The first-order valence-electron chi connectivity index (χ1n) is 9.87. The van der Waals surface area contributed by atoms with E-state index in [1.807, 2.05) is 30.3 Å². The fourth-order valence-corrected chi connectivity index (χ4v) is 2.87. The van der Waals surface area contributed by atoms with Crippen LogP contribution in [0.15, 0.2) is 78.9 Å². The fourth-order valence-electron chi connectivity index (χ4n) is 2.87. The van der Waals surface area contributed by atoms with Crippen LogP contribution in [0.5, 0.6) is 17.2 Å². The Bertz CT molecular complexity index is 1100. The van der Waals surface area contributed by atoms with Crippen LogP contribution in [0.4, 0.5) is 0 Å². The van der Waals surface area contributed by atoms with Crippen LogP contribution in [0.25, 0.3) is 6.08 Å². The monoisotopic (exact) mass is 432 g/mol. The number of hydrogen-bond acceptors (Lipinski definition) is 5. The molecule has 0 spiro atoms. The van der Waals surface area contributed by atoms with Crippen molar-refractivity contribution >= 4 is 17.9 Å². The lowest BCUT2D eigenvalue weighted by molar-refractivity contribution is -0.117. The summed E-state index contributed by atoms with van der Waals surface area (Å²) in [6.07, 6.45) is 2.90. The molecule has 0 aliphatic carbocycles. The molecular weight excluding hydrogens is 408 g/mol. The summed E-state index contributed by atoms with van der Waals surface area (Å²) in [5.41, 5.74) is 6.80. The molecule has 3 rings (SSSR count). The minimum absolute atomic E-state index is 0.313. The van der Waals surface area contributed by atoms with Crippen molar-refractivity contribution in [1.29, 1.82) is 0 Å². The Hall–Kier alpha value is -4.26. The van der Waals surface area contributed by atoms with Crippen molar-refractivity contribution < 1.29 is 23.8 Å². The fraction of sp³-hybridized carbons (Fsp3) is 0.120. The molecule has 0 aromatic heterocycles. The van der Waals surface area contributed by atoms with Gasteiger partial charge in [-0.2, -0.15) is 0 Å². The molecule has 0 aliphatic heterocycles. The molecule has 0 fully saturated rings. The number of hydrazine groups is 1. The Balaban J connectivity index is 1.57. The molecule has 2 N–H and O–H groups in total. The number of carbonyl (C=O) groups is 2. The molecule has 0 saturated heterocycles. The third kappa shape index (κ3) is 6.12. The van der Waals surface area contributed by atoms with E-state index in [2.05, 4.69) is 10.9 Å². The zero-order valence-electron chi connectivity index (χ0n) is 17.8. The Morgan fingerprint density at radius 2 is 1.53 bits per heavy atom. The second-order valence-corrected chi connectivity index (χ2v) is 6.66. The standard InChI is InChI=1S/C25H24N2O5/c1-30-22-14-12-18(16-23(22)31-2)13-15-24(28)26-27-25(29)20-10-6-7-11-21(20)32-17-19-8-4-3-5-9-19/h3-16H,17H2,1-2H3,(H,26,28)(H,27,29)/b15-13+. The van der Waals surface area contributed by atoms with Crippen LogP contribution in [-0.2, 0) is 11.4 Å². The summed E-state index contributed by atoms with van der Waals surface area (Å²) in [6.45, 7) is 0.325. The van der Waals surface area contributed by atoms with Crippen molar-refractivity contribution in [3.05, 3.63) is 95.6 Å². The lowest BCUT2D eigenvalue weighted by Gasteiger charge is -2.12. The third-order valence-electron chi connectivity index (χ3n) is 4.50. The number of benzene rings is 3. The second kappa shape index (κ2) is 11.2. The Labute approximate surface area is 186 Å². The summed E-state index contributed by atoms with van der Waals surface area (Å²) in [7, 11) is 3.09. The molecule has 7 nitrogen and oxygen atoms in total. The number of nitrogens with one attached hydrogen (secondary N) is 2. The zero-order chi connectivity index (χ0) is 22.8. The van der Waals surface area contributed by atoms with Crippen LogP contribution in [0, 0.1) is 0 Å². The highest BCUT2D eigenvalue weighted by atomic mass is 16.5. The molecule has 0 radical (unpaired) electrons. The number of rotatable bonds is 8. The van der Waals surface area contributed by atoms with E-state index in [1.165, 1.54) is 13.2 Å². The molecule has 32 heavy (non-hydrogen) atoms. The van der Waals surface area contributed by atoms with Crippen LogP contribution in [0.1, 0.15) is 21.5 Å². The maximum Gasteiger partial charge on any atom is 0.273 e. The minimum atomic E-state index is -0.490. The predicted molar refractivity (Wildman–Crippen MR) is 121 cm³/mol. The van der Waals surface area contributed by atoms with Gasteiger partial charge >= 0.3 is 0 Å². The minimum Gasteiger partial charge on any atom is -0.493 e. The van der Waals surface area contributed by atoms with Crippen LogP contribution >= 0.6 is 0 Å². The van der Waals surface area contributed by atoms with Crippen LogP contribution < -0.4 is 25.1 Å². The maximum absolute atomic E-state index is 12.5. The first-order valence-corrected chi connectivity index (χ1v) is 9.87. The van der Waals surface area contributed by atoms with Gasteiger partial charge in [0.05, 0.1) is 19.8 Å². The molecule has 0 aliphatic rings. The summed E-state index contributed by atoms with van der Waals surface area (Å²) in [5, 5.41) is 0. The normalized spacial score (nSPS) is 10.4. The van der Waals surface area contributed by atoms with Gasteiger partial charge in [0.2, 0.25) is 0 Å². The highest BCUT2D eigenvalue weighted by Gasteiger charge is 2.12. The van der Waals surface area contributed by atoms with Gasteiger partial charge in [-0.05, 0) is 41.5 Å². The third-order valence-corrected chi connectivity index (χ3v) is 4.50. The number of ether oxygens (including phenoxy) is 3. The van der Waals surface area contributed by atoms with Gasteiger partial charge in [-0.15, -0.1) is 0 Å². The van der Waals surface area contributed by atoms with Gasteiger partial charge in [0, 0.05) is 6.08 Å². The summed E-state index contributed by atoms with van der Waals surface area (Å²) in [4.78, 5) is 24.7. The van der Waals surface area contributed by atoms with Gasteiger partial charge in [0.25, 0.3) is 11.8 Å². The van der Waals surface area contributed by atoms with Crippen molar-refractivity contribution in [3.8, 4) is 17.2 Å². The van der Waals surface area contributed by atoms with Crippen molar-refractivity contribution in [1.82, 2.24) is 10.9 Å². The molecule has 0 atom stereocenters. The summed E-state index contributed by atoms with van der Waals surface area (Å²) >= 11 is 0. The van der Waals surface area contributed by atoms with E-state index in [-0.39, 0.29) is 0 Å². The zero-order valence-corrected chi connectivity index (χ0v) is 17.8. The van der Waals surface area contributed by atoms with Crippen molar-refractivity contribution in [2.75, 3.05) is 14.2 Å². The average molecular weight is 432 g/mol. The van der Waals surface area contributed by atoms with Crippen molar-refractivity contribution in [2.45, 2.75) is 6.61 Å². The predicted octanol–water partition coefficient (Wildman–Crippen LogP) is 3.76. The lowest BCUT2D eigenvalue weighted by atomic mass is 10.2. The number of carbonyl (C=O) groups excluding carboxylic acids is 2. The molecule has 3 aromatic carbocycles. The smallest absolute Gasteiger partial charge is 0.273 e. The quantitative estimate of drug-likeness (QED) is 0.418. The molecule has 0 bridgehead atoms. The number of amides is 2. The first-order chi connectivity index (χ1) is 15.6. The first kappa shape index (κ1) is 22.4. The molecule has 164 valence electrons. The van der Waals surface area contributed by atoms with Gasteiger partial charge in [-0.1, -0.05) is 48.5 Å². The SMILES string of the molecule is COc1ccc(/C=C/C(=O)NNC(=O)c2ccccc2OCc2ccccc2)cc1OC. The highest BCUT2D eigenvalue weighted by Crippen LogP contribution is 2.28. The van der Waals surface area contributed by atoms with Gasteiger partial charge in [-0.3, -0.25) is 20.4 Å². The summed E-state index contributed by atoms with van der Waals surface area (Å²) in [6, 6.07) is 21.7. The summed E-state index contributed by atoms with van der Waals surface area (Å²) < 4.78 is 16.2. The van der Waals surface area contributed by atoms with E-state index < -0.39 is 11.8 Å². The molecule has 2 amide bonds. The van der Waals surface area contributed by atoms with Gasteiger partial charge in [-0.25, -0.2) is 0 Å². The summed E-state index contributed by atoms with van der Waals surface area (Å²) in [5.74, 6) is 0.589. The number of para-hydroxylation sites is 1. The average Bonchev–Trinajstić information content (AvgIpc) is 2.85. The molecule has 0 unspecified atom stereocenters.